The van der Waals surface area contributed by atoms with Crippen molar-refractivity contribution in [1.82, 2.24) is 14.1 Å². The molecule has 5 nitrogen and oxygen atoms in total. The van der Waals surface area contributed by atoms with Gasteiger partial charge in [0.25, 0.3) is 6.33 Å². The normalized spacial score (nSPS) is 13.9. The fourth-order valence-electron chi connectivity index (χ4n) is 8.88. The third-order valence-corrected chi connectivity index (χ3v) is 11.6. The van der Waals surface area contributed by atoms with E-state index in [1.807, 2.05) is 90.5 Å². The van der Waals surface area contributed by atoms with Crippen LogP contribution in [0, 0.1) is 18.7 Å². The van der Waals surface area contributed by atoms with Gasteiger partial charge in [0, 0.05) is 23.0 Å². The van der Waals surface area contributed by atoms with Gasteiger partial charge in [-0.1, -0.05) is 160 Å². The van der Waals surface area contributed by atoms with Gasteiger partial charge in [-0.2, -0.15) is 0 Å². The minimum Gasteiger partial charge on any atom is -0.458 e. The highest BCUT2D eigenvalue weighted by Crippen LogP contribution is 2.39. The largest absolute Gasteiger partial charge is 0.458 e. The van der Waals surface area contributed by atoms with E-state index in [4.69, 9.17) is 23.4 Å². The van der Waals surface area contributed by atoms with E-state index < -0.39 is 60.4 Å². The van der Waals surface area contributed by atoms with E-state index in [1.165, 1.54) is 5.56 Å². The van der Waals surface area contributed by atoms with Crippen molar-refractivity contribution in [3.63, 3.8) is 0 Å². The molecule has 0 aliphatic carbocycles. The molecule has 0 aliphatic heterocycles. The lowest BCUT2D eigenvalue weighted by Crippen LogP contribution is -2.32. The number of aryl methyl sites for hydroxylation is 1. The Kier molecular flexibility index (Phi) is 7.54. The highest BCUT2D eigenvalue weighted by atomic mass is 16.5. The lowest BCUT2D eigenvalue weighted by atomic mass is 9.88. The number of fused-ring (bicyclic) bond motifs is 4. The van der Waals surface area contributed by atoms with Gasteiger partial charge in [0.1, 0.15) is 17.3 Å². The third kappa shape index (κ3) is 7.55. The Morgan fingerprint density at radius 1 is 0.600 bits per heavy atom. The average Bonchev–Trinajstić information content (AvgIpc) is 3.95. The highest BCUT2D eigenvalue weighted by Gasteiger charge is 2.22. The number of para-hydroxylation sites is 2. The highest BCUT2D eigenvalue weighted by molar-refractivity contribution is 6.10. The van der Waals surface area contributed by atoms with Crippen molar-refractivity contribution < 1.29 is 23.0 Å². The van der Waals surface area contributed by atoms with E-state index in [-0.39, 0.29) is 33.4 Å². The molecule has 0 atom stereocenters. The maximum atomic E-state index is 9.08. The second-order valence-electron chi connectivity index (χ2n) is 17.4. The minimum absolute atomic E-state index is 0.0685. The lowest BCUT2D eigenvalue weighted by molar-refractivity contribution is -0.571. The Morgan fingerprint density at radius 3 is 2.05 bits per heavy atom. The molecule has 0 saturated carbocycles. The Bertz CT molecular complexity index is 4000. The van der Waals surface area contributed by atoms with Crippen molar-refractivity contribution in [2.24, 2.45) is 5.41 Å². The van der Waals surface area contributed by atoms with Crippen LogP contribution >= 0.6 is 0 Å². The van der Waals surface area contributed by atoms with Gasteiger partial charge in [-0.25, -0.2) is 4.98 Å². The molecule has 0 radical (unpaired) electrons. The molecule has 11 rings (SSSR count). The fraction of sp³-hybridized carbons (Fsp3) is 0.100. The molecule has 0 amide bonds. The summed E-state index contributed by atoms with van der Waals surface area (Å²) in [6, 6.07) is 40.0. The monoisotopic (exact) mass is 850 g/mol. The summed E-state index contributed by atoms with van der Waals surface area (Å²) in [7, 11) is 0. The topological polar surface area (TPSA) is 35.9 Å². The summed E-state index contributed by atoms with van der Waals surface area (Å²) in [4.78, 5) is 4.92. The average molecular weight is 851 g/mol. The maximum Gasteiger partial charge on any atom is 0.269 e. The first-order chi connectivity index (χ1) is 35.9. The molecular formula is C60H48N4O. The summed E-state index contributed by atoms with van der Waals surface area (Å²) < 4.78 is 100. The quantitative estimate of drug-likeness (QED) is 0.107. The van der Waals surface area contributed by atoms with Crippen LogP contribution in [0.1, 0.15) is 45.6 Å². The van der Waals surface area contributed by atoms with Crippen molar-refractivity contribution in [3.8, 4) is 62.1 Å². The molecule has 65 heavy (non-hydrogen) atoms. The van der Waals surface area contributed by atoms with Crippen molar-refractivity contribution in [1.29, 1.82) is 0 Å². The molecule has 0 N–H and O–H groups in total. The van der Waals surface area contributed by atoms with Crippen LogP contribution in [0.15, 0.2) is 206 Å². The zero-order valence-corrected chi connectivity index (χ0v) is 36.3. The molecule has 8 aromatic carbocycles. The van der Waals surface area contributed by atoms with Crippen molar-refractivity contribution in [2.75, 3.05) is 0 Å². The molecule has 3 heterocycles. The number of rotatable bonds is 9. The molecule has 0 bridgehead atoms. The molecular weight excluding hydrogens is 793 g/mol. The maximum absolute atomic E-state index is 9.08. The van der Waals surface area contributed by atoms with Gasteiger partial charge in [-0.3, -0.25) is 13.7 Å². The summed E-state index contributed by atoms with van der Waals surface area (Å²) in [6.45, 7) is 8.58. The fourth-order valence-corrected chi connectivity index (χ4v) is 8.88. The van der Waals surface area contributed by atoms with E-state index >= 15 is 0 Å². The molecule has 5 heteroatoms. The smallest absolute Gasteiger partial charge is 0.269 e. The van der Waals surface area contributed by atoms with E-state index in [2.05, 4.69) is 80.2 Å². The van der Waals surface area contributed by atoms with E-state index in [0.717, 1.165) is 50.7 Å². The molecule has 0 spiro atoms. The van der Waals surface area contributed by atoms with Crippen LogP contribution in [0.2, 0.25) is 0 Å². The van der Waals surface area contributed by atoms with Crippen LogP contribution in [-0.4, -0.2) is 14.1 Å². The molecule has 0 unspecified atom stereocenters. The van der Waals surface area contributed by atoms with Gasteiger partial charge in [0.2, 0.25) is 0 Å². The number of hydrogen-bond acceptors (Lipinski definition) is 2. The molecule has 11 aromatic rings. The Labute approximate surface area is 394 Å². The zero-order chi connectivity index (χ0) is 52.8. The Hall–Kier alpha value is -8.02. The van der Waals surface area contributed by atoms with E-state index in [0.29, 0.717) is 28.2 Å². The van der Waals surface area contributed by atoms with Gasteiger partial charge in [0.05, 0.1) is 47.1 Å². The van der Waals surface area contributed by atoms with Crippen LogP contribution in [0.5, 0.6) is 11.5 Å². The first-order valence-electron chi connectivity index (χ1n) is 26.5. The molecule has 0 fully saturated rings. The first-order valence-corrected chi connectivity index (χ1v) is 21.5. The zero-order valence-electron chi connectivity index (χ0n) is 46.3. The number of benzene rings is 8. The molecule has 314 valence electrons. The standard InChI is InChI=1S/C60H48N4O/c1-41-17-14-28-55-58(41)63(59-50(44-20-10-6-11-21-44)26-16-27-51(59)45-22-12-7-13-23-45)40-62(55)47-24-15-25-48(37-47)65-49-30-31-52-53-36-46(43-18-8-5-9-19-43)29-32-54(53)64(56(52)38-49)57-35-42(33-34-61-57)39-60(2,3)4/h5-38H,39H2,1-4H3/i6D,7D,10D,11D,12D,13D,20D,21D,22D,23D. The SMILES string of the molecule is [2H]c1c([2H])c([2H])c(-c2cccc(-c3c([2H])c([2H])c([2H])c([2H])c3[2H])c2-[n+]2[c-]n(-c3cccc(Oc4ccc5c6cc(-c7ccccc7)ccc6n(-c6cc(CC(C)(C)C)ccn6)c5c4)c3)c3cccc(C)c32)c([2H])c1[2H]. The predicted molar refractivity (Wildman–Crippen MR) is 266 cm³/mol. The lowest BCUT2D eigenvalue weighted by Gasteiger charge is -2.18. The number of hydrogen-bond donors (Lipinski definition) is 0. The van der Waals surface area contributed by atoms with Crippen molar-refractivity contribution >= 4 is 32.8 Å². The van der Waals surface area contributed by atoms with Gasteiger partial charge in [-0.05, 0) is 118 Å². The summed E-state index contributed by atoms with van der Waals surface area (Å²) in [5.74, 6) is 1.89. The van der Waals surface area contributed by atoms with Gasteiger partial charge in [-0.15, -0.1) is 0 Å². The molecule has 0 saturated heterocycles. The van der Waals surface area contributed by atoms with Crippen molar-refractivity contribution in [3.05, 3.63) is 224 Å². The van der Waals surface area contributed by atoms with Crippen LogP contribution in [0.4, 0.5) is 0 Å². The van der Waals surface area contributed by atoms with Crippen LogP contribution in [0.3, 0.4) is 0 Å². The Morgan fingerprint density at radius 2 is 1.31 bits per heavy atom. The third-order valence-electron chi connectivity index (χ3n) is 11.6. The van der Waals surface area contributed by atoms with Crippen LogP contribution in [-0.2, 0) is 6.42 Å². The van der Waals surface area contributed by atoms with Crippen LogP contribution < -0.4 is 9.30 Å². The van der Waals surface area contributed by atoms with E-state index in [1.54, 1.807) is 22.8 Å². The molecule has 3 aromatic heterocycles. The first kappa shape index (κ1) is 30.1. The summed E-state index contributed by atoms with van der Waals surface area (Å²) >= 11 is 0. The second kappa shape index (κ2) is 16.3. The number of aromatic nitrogens is 4. The van der Waals surface area contributed by atoms with Gasteiger partial charge in [0.15, 0.2) is 0 Å². The van der Waals surface area contributed by atoms with E-state index in [9.17, 15) is 0 Å². The number of nitrogens with zero attached hydrogens (tertiary/aromatic N) is 4. The summed E-state index contributed by atoms with van der Waals surface area (Å²) in [6.07, 6.45) is 6.24. The Balaban J connectivity index is 1.08. The van der Waals surface area contributed by atoms with Gasteiger partial charge < -0.3 is 4.74 Å². The van der Waals surface area contributed by atoms with Crippen molar-refractivity contribution in [2.45, 2.75) is 34.1 Å². The molecule has 0 aliphatic rings. The second-order valence-corrected chi connectivity index (χ2v) is 17.4. The number of pyridine rings is 1. The van der Waals surface area contributed by atoms with Gasteiger partial charge >= 0.3 is 0 Å². The summed E-state index contributed by atoms with van der Waals surface area (Å²) in [5.41, 5.74) is 8.33. The minimum atomic E-state index is -0.566. The number of imidazole rings is 1. The number of ether oxygens (including phenoxy) is 1. The van der Waals surface area contributed by atoms with Crippen LogP contribution in [0.25, 0.3) is 83.4 Å². The summed E-state index contributed by atoms with van der Waals surface area (Å²) in [5, 5.41) is 2.11. The predicted octanol–water partition coefficient (Wildman–Crippen LogP) is 14.9.